The van der Waals surface area contributed by atoms with Crippen LogP contribution in [0.2, 0.25) is 0 Å². The molecule has 1 aliphatic heterocycles. The molecule has 1 fully saturated rings. The van der Waals surface area contributed by atoms with Gasteiger partial charge in [-0.15, -0.1) is 0 Å². The van der Waals surface area contributed by atoms with Crippen LogP contribution in [0.15, 0.2) is 0 Å². The topological polar surface area (TPSA) is 152 Å². The van der Waals surface area contributed by atoms with Crippen molar-refractivity contribution in [2.75, 3.05) is 20.8 Å². The van der Waals surface area contributed by atoms with Crippen molar-refractivity contribution in [1.29, 1.82) is 0 Å². The van der Waals surface area contributed by atoms with Crippen LogP contribution >= 0.6 is 0 Å². The molecule has 1 rings (SSSR count). The lowest BCUT2D eigenvalue weighted by atomic mass is 9.89. The lowest BCUT2D eigenvalue weighted by molar-refractivity contribution is -0.302. The van der Waals surface area contributed by atoms with Crippen LogP contribution in [-0.4, -0.2) is 83.5 Å². The Bertz CT molecular complexity index is 340. The van der Waals surface area contributed by atoms with Crippen molar-refractivity contribution >= 4 is 5.97 Å². The highest BCUT2D eigenvalue weighted by Crippen LogP contribution is 2.32. The summed E-state index contributed by atoms with van der Waals surface area (Å²) in [7, 11) is 2.29. The van der Waals surface area contributed by atoms with Crippen LogP contribution < -0.4 is 5.73 Å². The monoisotopic (exact) mass is 295 g/mol. The summed E-state index contributed by atoms with van der Waals surface area (Å²) in [5, 5.41) is 38.1. The number of esters is 1. The first-order valence-corrected chi connectivity index (χ1v) is 6.05. The summed E-state index contributed by atoms with van der Waals surface area (Å²) < 4.78 is 14.9. The Balaban J connectivity index is 3.02. The van der Waals surface area contributed by atoms with Crippen LogP contribution in [0, 0.1) is 0 Å². The number of rotatable bonds is 5. The van der Waals surface area contributed by atoms with E-state index in [0.29, 0.717) is 0 Å². The Labute approximate surface area is 115 Å². The second kappa shape index (κ2) is 6.76. The zero-order chi connectivity index (χ0) is 15.5. The molecular formula is C11H21NO8. The number of aliphatic hydroxyl groups excluding tert-OH is 4. The number of methoxy groups -OCH3 is 2. The number of carbonyl (C=O) groups is 1. The lowest BCUT2D eigenvalue weighted by Crippen LogP contribution is -2.66. The van der Waals surface area contributed by atoms with Crippen LogP contribution in [0.25, 0.3) is 0 Å². The molecule has 6 N–H and O–H groups in total. The van der Waals surface area contributed by atoms with Gasteiger partial charge in [0, 0.05) is 13.5 Å². The van der Waals surface area contributed by atoms with Gasteiger partial charge in [-0.05, 0) is 0 Å². The third-order valence-corrected chi connectivity index (χ3v) is 3.37. The largest absolute Gasteiger partial charge is 0.465 e. The van der Waals surface area contributed by atoms with Crippen molar-refractivity contribution < 1.29 is 39.4 Å². The van der Waals surface area contributed by atoms with Gasteiger partial charge < -0.3 is 40.4 Å². The zero-order valence-electron chi connectivity index (χ0n) is 11.3. The fourth-order valence-electron chi connectivity index (χ4n) is 2.10. The summed E-state index contributed by atoms with van der Waals surface area (Å²) in [4.78, 5) is 11.8. The molecule has 6 atom stereocenters. The molecule has 0 radical (unpaired) electrons. The zero-order valence-corrected chi connectivity index (χ0v) is 11.3. The Morgan fingerprint density at radius 1 is 1.50 bits per heavy atom. The maximum Gasteiger partial charge on any atom is 0.366 e. The average Bonchev–Trinajstić information content (AvgIpc) is 2.47. The van der Waals surface area contributed by atoms with E-state index in [2.05, 4.69) is 4.74 Å². The Kier molecular flexibility index (Phi) is 5.83. The van der Waals surface area contributed by atoms with Gasteiger partial charge >= 0.3 is 5.97 Å². The van der Waals surface area contributed by atoms with E-state index in [1.165, 1.54) is 7.11 Å². The Hall–Kier alpha value is -0.810. The molecule has 0 aromatic heterocycles. The maximum absolute atomic E-state index is 11.8. The van der Waals surface area contributed by atoms with Crippen molar-refractivity contribution in [2.24, 2.45) is 5.73 Å². The van der Waals surface area contributed by atoms with Crippen LogP contribution in [0.5, 0.6) is 0 Å². The number of carbonyl (C=O) groups excluding carboxylic acids is 1. The van der Waals surface area contributed by atoms with E-state index in [1.807, 2.05) is 0 Å². The third-order valence-electron chi connectivity index (χ3n) is 3.37. The number of ether oxygens (including phenoxy) is 3. The third kappa shape index (κ3) is 3.09. The summed E-state index contributed by atoms with van der Waals surface area (Å²) in [6.07, 6.45) is -5.98. The van der Waals surface area contributed by atoms with Crippen LogP contribution in [0.3, 0.4) is 0 Å². The smallest absolute Gasteiger partial charge is 0.366 e. The van der Waals surface area contributed by atoms with E-state index in [4.69, 9.17) is 20.3 Å². The maximum atomic E-state index is 11.8. The number of hydrogen-bond donors (Lipinski definition) is 5. The fraction of sp³-hybridized carbons (Fsp3) is 0.909. The lowest BCUT2D eigenvalue weighted by Gasteiger charge is -2.45. The highest BCUT2D eigenvalue weighted by molar-refractivity contribution is 5.78. The average molecular weight is 295 g/mol. The van der Waals surface area contributed by atoms with Crippen molar-refractivity contribution in [3.8, 4) is 0 Å². The molecule has 9 nitrogen and oxygen atoms in total. The summed E-state index contributed by atoms with van der Waals surface area (Å²) in [5.41, 5.74) is 5.70. The van der Waals surface area contributed by atoms with E-state index < -0.39 is 48.8 Å². The molecule has 20 heavy (non-hydrogen) atoms. The SMILES string of the molecule is COC(=O)[C@]1(OC)C[C@H](O)[C@@H](N)[C@H]([C@H](O)[C@H](O)CO)O1. The summed E-state index contributed by atoms with van der Waals surface area (Å²) in [5.74, 6) is -2.83. The van der Waals surface area contributed by atoms with E-state index in [1.54, 1.807) is 0 Å². The van der Waals surface area contributed by atoms with E-state index in [9.17, 15) is 20.1 Å². The molecule has 118 valence electrons. The molecule has 9 heteroatoms. The molecule has 0 spiro atoms. The molecule has 0 bridgehead atoms. The van der Waals surface area contributed by atoms with Crippen molar-refractivity contribution in [2.45, 2.75) is 42.7 Å². The molecule has 0 aromatic carbocycles. The Morgan fingerprint density at radius 2 is 2.10 bits per heavy atom. The second-order valence-electron chi connectivity index (χ2n) is 4.62. The van der Waals surface area contributed by atoms with Gasteiger partial charge in [-0.2, -0.15) is 0 Å². The highest BCUT2D eigenvalue weighted by atomic mass is 16.7. The van der Waals surface area contributed by atoms with Gasteiger partial charge in [-0.1, -0.05) is 0 Å². The van der Waals surface area contributed by atoms with E-state index in [-0.39, 0.29) is 6.42 Å². The molecule has 1 heterocycles. The summed E-state index contributed by atoms with van der Waals surface area (Å²) >= 11 is 0. The van der Waals surface area contributed by atoms with E-state index in [0.717, 1.165) is 7.11 Å². The Morgan fingerprint density at radius 3 is 2.55 bits per heavy atom. The van der Waals surface area contributed by atoms with Gasteiger partial charge in [0.15, 0.2) is 0 Å². The first-order valence-electron chi connectivity index (χ1n) is 6.05. The van der Waals surface area contributed by atoms with Gasteiger partial charge in [0.1, 0.15) is 18.3 Å². The van der Waals surface area contributed by atoms with Crippen LogP contribution in [0.1, 0.15) is 6.42 Å². The number of nitrogens with two attached hydrogens (primary N) is 1. The summed E-state index contributed by atoms with van der Waals surface area (Å²) in [6, 6.07) is -1.07. The summed E-state index contributed by atoms with van der Waals surface area (Å²) in [6.45, 7) is -0.734. The molecule has 0 aliphatic carbocycles. The minimum absolute atomic E-state index is 0.282. The predicted molar refractivity (Wildman–Crippen MR) is 64.3 cm³/mol. The highest BCUT2D eigenvalue weighted by Gasteiger charge is 2.54. The minimum atomic E-state index is -1.93. The first kappa shape index (κ1) is 17.2. The molecular weight excluding hydrogens is 274 g/mol. The standard InChI is InChI=1S/C11H21NO8/c1-18-10(17)11(19-2)3-5(14)7(12)9(20-11)8(16)6(15)4-13/h5-9,13-16H,3-4,12H2,1-2H3/t5-,6+,7+,8+,9+,11-/m0/s1. The van der Waals surface area contributed by atoms with Gasteiger partial charge in [-0.3, -0.25) is 0 Å². The predicted octanol–water partition coefficient (Wildman–Crippen LogP) is -3.31. The van der Waals surface area contributed by atoms with Gasteiger partial charge in [0.2, 0.25) is 0 Å². The van der Waals surface area contributed by atoms with E-state index >= 15 is 0 Å². The van der Waals surface area contributed by atoms with Crippen LogP contribution in [0.4, 0.5) is 0 Å². The van der Waals surface area contributed by atoms with Gasteiger partial charge in [0.05, 0.1) is 25.9 Å². The molecule has 0 amide bonds. The van der Waals surface area contributed by atoms with Crippen LogP contribution in [-0.2, 0) is 19.0 Å². The van der Waals surface area contributed by atoms with Gasteiger partial charge in [-0.25, -0.2) is 4.79 Å². The minimum Gasteiger partial charge on any atom is -0.465 e. The van der Waals surface area contributed by atoms with Crippen molar-refractivity contribution in [3.63, 3.8) is 0 Å². The first-order chi connectivity index (χ1) is 9.32. The molecule has 0 unspecified atom stereocenters. The fourth-order valence-corrected chi connectivity index (χ4v) is 2.10. The quantitative estimate of drug-likeness (QED) is 0.328. The van der Waals surface area contributed by atoms with Crippen molar-refractivity contribution in [3.05, 3.63) is 0 Å². The molecule has 1 aliphatic rings. The number of aliphatic hydroxyl groups is 4. The van der Waals surface area contributed by atoms with Crippen molar-refractivity contribution in [1.82, 2.24) is 0 Å². The van der Waals surface area contributed by atoms with Gasteiger partial charge in [0.25, 0.3) is 5.79 Å². The normalized spacial score (nSPS) is 37.2. The number of hydrogen-bond acceptors (Lipinski definition) is 9. The molecule has 0 aromatic rings. The second-order valence-corrected chi connectivity index (χ2v) is 4.62. The molecule has 0 saturated carbocycles. The molecule has 1 saturated heterocycles.